The molecule has 0 aromatic rings. The van der Waals surface area contributed by atoms with Crippen LogP contribution in [-0.2, 0) is 4.74 Å². The van der Waals surface area contributed by atoms with Crippen molar-refractivity contribution >= 4 is 36.0 Å². The highest BCUT2D eigenvalue weighted by atomic mass is 127. The van der Waals surface area contributed by atoms with Gasteiger partial charge in [0.2, 0.25) is 0 Å². The first kappa shape index (κ1) is 17.3. The average Bonchev–Trinajstić information content (AvgIpc) is 2.62. The lowest BCUT2D eigenvalue weighted by Crippen LogP contribution is -2.42. The molecule has 0 saturated carbocycles. The van der Waals surface area contributed by atoms with E-state index < -0.39 is 5.60 Å². The molecule has 0 radical (unpaired) electrons. The molecule has 7 heteroatoms. The molecule has 1 aliphatic heterocycles. The lowest BCUT2D eigenvalue weighted by molar-refractivity contribution is 0.0507. The van der Waals surface area contributed by atoms with Gasteiger partial charge in [-0.05, 0) is 27.2 Å². The first-order chi connectivity index (χ1) is 7.81. The van der Waals surface area contributed by atoms with E-state index in [1.54, 1.807) is 7.05 Å². The van der Waals surface area contributed by atoms with Crippen LogP contribution in [-0.4, -0.2) is 48.7 Å². The quantitative estimate of drug-likeness (QED) is 0.412. The van der Waals surface area contributed by atoms with Crippen LogP contribution >= 0.6 is 24.0 Å². The van der Waals surface area contributed by atoms with Gasteiger partial charge in [-0.25, -0.2) is 4.79 Å². The number of aliphatic imine (C=N–C) groups is 1. The van der Waals surface area contributed by atoms with E-state index in [-0.39, 0.29) is 36.1 Å². The number of carbonyl (C=O) groups is 1. The summed E-state index contributed by atoms with van der Waals surface area (Å²) in [6, 6.07) is 0.0742. The number of guanidine groups is 1. The van der Waals surface area contributed by atoms with Crippen molar-refractivity contribution in [2.24, 2.45) is 10.7 Å². The van der Waals surface area contributed by atoms with E-state index in [0.717, 1.165) is 13.0 Å². The Morgan fingerprint density at radius 2 is 2.11 bits per heavy atom. The maximum absolute atomic E-state index is 11.5. The van der Waals surface area contributed by atoms with Gasteiger partial charge in [-0.1, -0.05) is 0 Å². The SMILES string of the molecule is CN=C(N)N1CCC(NC(=O)OC(C)(C)C)C1.I. The number of alkyl carbamates (subject to hydrolysis) is 1. The molecule has 1 aliphatic rings. The van der Waals surface area contributed by atoms with Crippen LogP contribution in [0.4, 0.5) is 4.79 Å². The molecule has 1 rings (SSSR count). The summed E-state index contributed by atoms with van der Waals surface area (Å²) in [4.78, 5) is 17.4. The number of halogens is 1. The number of amides is 1. The number of nitrogens with one attached hydrogen (secondary N) is 1. The second-order valence-electron chi connectivity index (χ2n) is 5.16. The summed E-state index contributed by atoms with van der Waals surface area (Å²) in [5.41, 5.74) is 5.24. The molecule has 0 aromatic carbocycles. The summed E-state index contributed by atoms with van der Waals surface area (Å²) in [7, 11) is 1.66. The number of hydrogen-bond donors (Lipinski definition) is 2. The number of likely N-dealkylation sites (tertiary alicyclic amines) is 1. The van der Waals surface area contributed by atoms with Crippen LogP contribution in [0.3, 0.4) is 0 Å². The summed E-state index contributed by atoms with van der Waals surface area (Å²) in [5.74, 6) is 0.512. The minimum absolute atomic E-state index is 0. The Morgan fingerprint density at radius 3 is 2.61 bits per heavy atom. The third-order valence-electron chi connectivity index (χ3n) is 2.46. The van der Waals surface area contributed by atoms with Crippen LogP contribution in [0.15, 0.2) is 4.99 Å². The van der Waals surface area contributed by atoms with Crippen molar-refractivity contribution in [2.45, 2.75) is 38.8 Å². The van der Waals surface area contributed by atoms with Crippen molar-refractivity contribution < 1.29 is 9.53 Å². The van der Waals surface area contributed by atoms with Gasteiger partial charge in [-0.3, -0.25) is 4.99 Å². The van der Waals surface area contributed by atoms with E-state index in [1.807, 2.05) is 25.7 Å². The molecule has 18 heavy (non-hydrogen) atoms. The normalized spacial score (nSPS) is 20.3. The highest BCUT2D eigenvalue weighted by Crippen LogP contribution is 2.11. The molecule has 1 unspecified atom stereocenters. The van der Waals surface area contributed by atoms with Gasteiger partial charge in [0.05, 0.1) is 6.04 Å². The van der Waals surface area contributed by atoms with Crippen LogP contribution in [0.5, 0.6) is 0 Å². The minimum Gasteiger partial charge on any atom is -0.444 e. The third-order valence-corrected chi connectivity index (χ3v) is 2.46. The van der Waals surface area contributed by atoms with Crippen molar-refractivity contribution in [3.8, 4) is 0 Å². The molecular weight excluding hydrogens is 347 g/mol. The maximum atomic E-state index is 11.5. The number of carbonyl (C=O) groups excluding carboxylic acids is 1. The largest absolute Gasteiger partial charge is 0.444 e. The van der Waals surface area contributed by atoms with Crippen molar-refractivity contribution in [1.29, 1.82) is 0 Å². The van der Waals surface area contributed by atoms with Crippen LogP contribution < -0.4 is 11.1 Å². The predicted octanol–water partition coefficient (Wildman–Crippen LogP) is 1.15. The Morgan fingerprint density at radius 1 is 1.50 bits per heavy atom. The van der Waals surface area contributed by atoms with Gasteiger partial charge < -0.3 is 20.7 Å². The van der Waals surface area contributed by atoms with Gasteiger partial charge in [-0.2, -0.15) is 0 Å². The lowest BCUT2D eigenvalue weighted by atomic mass is 10.2. The van der Waals surface area contributed by atoms with E-state index in [2.05, 4.69) is 10.3 Å². The molecule has 0 bridgehead atoms. The monoisotopic (exact) mass is 370 g/mol. The second kappa shape index (κ2) is 7.01. The summed E-state index contributed by atoms with van der Waals surface area (Å²) >= 11 is 0. The van der Waals surface area contributed by atoms with Gasteiger partial charge >= 0.3 is 6.09 Å². The van der Waals surface area contributed by atoms with E-state index in [1.165, 1.54) is 0 Å². The molecule has 106 valence electrons. The number of nitrogens with zero attached hydrogens (tertiary/aromatic N) is 2. The van der Waals surface area contributed by atoms with Crippen molar-refractivity contribution in [2.75, 3.05) is 20.1 Å². The van der Waals surface area contributed by atoms with Crippen molar-refractivity contribution in [1.82, 2.24) is 10.2 Å². The Labute approximate surface area is 125 Å². The van der Waals surface area contributed by atoms with Crippen LogP contribution in [0.1, 0.15) is 27.2 Å². The maximum Gasteiger partial charge on any atom is 0.407 e. The fourth-order valence-electron chi connectivity index (χ4n) is 1.70. The second-order valence-corrected chi connectivity index (χ2v) is 5.16. The molecule has 0 spiro atoms. The zero-order valence-electron chi connectivity index (χ0n) is 11.4. The standard InChI is InChI=1S/C11H22N4O2.HI/c1-11(2,3)17-10(16)14-8-5-6-15(7-8)9(12)13-4;/h8H,5-7H2,1-4H3,(H2,12,13)(H,14,16);1H. The van der Waals surface area contributed by atoms with Crippen molar-refractivity contribution in [3.63, 3.8) is 0 Å². The molecule has 1 atom stereocenters. The van der Waals surface area contributed by atoms with Crippen LogP contribution in [0.25, 0.3) is 0 Å². The minimum atomic E-state index is -0.466. The zero-order chi connectivity index (χ0) is 13.1. The Hall–Kier alpha value is -0.730. The third kappa shape index (κ3) is 5.74. The molecular formula is C11H23IN4O2. The molecule has 3 N–H and O–H groups in total. The first-order valence-electron chi connectivity index (χ1n) is 5.78. The van der Waals surface area contributed by atoms with Crippen LogP contribution in [0, 0.1) is 0 Å². The molecule has 1 saturated heterocycles. The molecule has 0 aromatic heterocycles. The number of ether oxygens (including phenoxy) is 1. The van der Waals surface area contributed by atoms with Crippen LogP contribution in [0.2, 0.25) is 0 Å². The number of nitrogens with two attached hydrogens (primary N) is 1. The van der Waals surface area contributed by atoms with E-state index in [9.17, 15) is 4.79 Å². The Bertz CT molecular complexity index is 315. The number of hydrogen-bond acceptors (Lipinski definition) is 3. The fraction of sp³-hybridized carbons (Fsp3) is 0.818. The predicted molar refractivity (Wildman–Crippen MR) is 82.3 cm³/mol. The number of rotatable bonds is 1. The highest BCUT2D eigenvalue weighted by Gasteiger charge is 2.26. The molecule has 0 aliphatic carbocycles. The Balaban J connectivity index is 0.00000289. The van der Waals surface area contributed by atoms with E-state index >= 15 is 0 Å². The summed E-state index contributed by atoms with van der Waals surface area (Å²) in [5, 5.41) is 2.83. The molecule has 1 heterocycles. The van der Waals surface area contributed by atoms with Gasteiger partial charge in [0.25, 0.3) is 0 Å². The molecule has 6 nitrogen and oxygen atoms in total. The van der Waals surface area contributed by atoms with Gasteiger partial charge in [0, 0.05) is 20.1 Å². The van der Waals surface area contributed by atoms with E-state index in [0.29, 0.717) is 12.5 Å². The highest BCUT2D eigenvalue weighted by molar-refractivity contribution is 14.0. The summed E-state index contributed by atoms with van der Waals surface area (Å²) < 4.78 is 5.19. The average molecular weight is 370 g/mol. The van der Waals surface area contributed by atoms with Gasteiger partial charge in [0.1, 0.15) is 5.60 Å². The topological polar surface area (TPSA) is 80.0 Å². The first-order valence-corrected chi connectivity index (χ1v) is 5.78. The Kier molecular flexibility index (Phi) is 6.72. The van der Waals surface area contributed by atoms with Gasteiger partial charge in [-0.15, -0.1) is 24.0 Å². The zero-order valence-corrected chi connectivity index (χ0v) is 13.7. The summed E-state index contributed by atoms with van der Waals surface area (Å²) in [6.07, 6.45) is 0.478. The fourth-order valence-corrected chi connectivity index (χ4v) is 1.70. The van der Waals surface area contributed by atoms with Crippen molar-refractivity contribution in [3.05, 3.63) is 0 Å². The van der Waals surface area contributed by atoms with Gasteiger partial charge in [0.15, 0.2) is 5.96 Å². The molecule has 1 fully saturated rings. The lowest BCUT2D eigenvalue weighted by Gasteiger charge is -2.22. The summed E-state index contributed by atoms with van der Waals surface area (Å²) in [6.45, 7) is 7.02. The smallest absolute Gasteiger partial charge is 0.407 e. The van der Waals surface area contributed by atoms with E-state index in [4.69, 9.17) is 10.5 Å². The molecule has 1 amide bonds.